The number of methoxy groups -OCH3 is 1. The summed E-state index contributed by atoms with van der Waals surface area (Å²) in [4.78, 5) is 17.1. The van der Waals surface area contributed by atoms with Crippen molar-refractivity contribution in [2.45, 2.75) is 18.8 Å². The monoisotopic (exact) mass is 325 g/mol. The highest BCUT2D eigenvalue weighted by Gasteiger charge is 2.29. The predicted octanol–water partition coefficient (Wildman–Crippen LogP) is 2.80. The smallest absolute Gasteiger partial charge is 0.279 e. The number of benzene rings is 2. The number of rotatable bonds is 3. The standard InChI is InChI=1S/C18H16FN3O2/c1-24-16-9-12(19)5-6-13(16)11-4-7-15-14(8-11)18(23)22(20)17(21-15)10-2-3-10/h4-10H,2-3,20H2,1H3. The van der Waals surface area contributed by atoms with Gasteiger partial charge in [-0.3, -0.25) is 4.79 Å². The highest BCUT2D eigenvalue weighted by Crippen LogP contribution is 2.38. The molecule has 2 N–H and O–H groups in total. The van der Waals surface area contributed by atoms with Crippen molar-refractivity contribution in [1.82, 2.24) is 9.66 Å². The van der Waals surface area contributed by atoms with Crippen LogP contribution in [0.4, 0.5) is 4.39 Å². The van der Waals surface area contributed by atoms with Gasteiger partial charge in [-0.05, 0) is 42.7 Å². The molecule has 1 aliphatic rings. The molecule has 0 unspecified atom stereocenters. The lowest BCUT2D eigenvalue weighted by atomic mass is 10.0. The highest BCUT2D eigenvalue weighted by atomic mass is 19.1. The molecule has 6 heteroatoms. The summed E-state index contributed by atoms with van der Waals surface area (Å²) in [6.07, 6.45) is 2.03. The van der Waals surface area contributed by atoms with Gasteiger partial charge in [-0.25, -0.2) is 14.1 Å². The van der Waals surface area contributed by atoms with E-state index in [1.165, 1.54) is 19.2 Å². The van der Waals surface area contributed by atoms with Crippen molar-refractivity contribution >= 4 is 10.9 Å². The Hall–Kier alpha value is -2.89. The van der Waals surface area contributed by atoms with E-state index in [2.05, 4.69) is 4.98 Å². The van der Waals surface area contributed by atoms with E-state index in [4.69, 9.17) is 10.6 Å². The summed E-state index contributed by atoms with van der Waals surface area (Å²) in [5, 5.41) is 0.436. The largest absolute Gasteiger partial charge is 0.496 e. The Balaban J connectivity index is 1.92. The molecular formula is C18H16FN3O2. The third-order valence-corrected chi connectivity index (χ3v) is 4.34. The van der Waals surface area contributed by atoms with E-state index in [0.717, 1.165) is 23.1 Å². The van der Waals surface area contributed by atoms with Crippen LogP contribution in [0.15, 0.2) is 41.2 Å². The molecule has 0 saturated heterocycles. The highest BCUT2D eigenvalue weighted by molar-refractivity contribution is 5.85. The Labute approximate surface area is 137 Å². The van der Waals surface area contributed by atoms with Crippen LogP contribution in [0.2, 0.25) is 0 Å². The SMILES string of the molecule is COc1cc(F)ccc1-c1ccc2nc(C3CC3)n(N)c(=O)c2c1. The molecule has 0 atom stereocenters. The fourth-order valence-electron chi connectivity index (χ4n) is 2.92. The Morgan fingerprint density at radius 3 is 2.75 bits per heavy atom. The summed E-state index contributed by atoms with van der Waals surface area (Å²) in [5.74, 6) is 6.87. The minimum atomic E-state index is -0.378. The molecule has 1 aliphatic carbocycles. The van der Waals surface area contributed by atoms with Gasteiger partial charge in [-0.15, -0.1) is 0 Å². The summed E-state index contributed by atoms with van der Waals surface area (Å²) in [7, 11) is 1.48. The Kier molecular flexibility index (Phi) is 3.26. The van der Waals surface area contributed by atoms with E-state index >= 15 is 0 Å². The van der Waals surface area contributed by atoms with Crippen LogP contribution >= 0.6 is 0 Å². The van der Waals surface area contributed by atoms with Crippen LogP contribution in [0.3, 0.4) is 0 Å². The van der Waals surface area contributed by atoms with Crippen molar-refractivity contribution in [2.75, 3.05) is 13.0 Å². The first-order chi connectivity index (χ1) is 11.6. The quantitative estimate of drug-likeness (QED) is 0.752. The molecule has 1 aromatic heterocycles. The zero-order valence-corrected chi connectivity index (χ0v) is 13.1. The molecule has 0 spiro atoms. The van der Waals surface area contributed by atoms with Crippen LogP contribution in [0.25, 0.3) is 22.0 Å². The zero-order valence-electron chi connectivity index (χ0n) is 13.1. The van der Waals surface area contributed by atoms with Gasteiger partial charge in [-0.2, -0.15) is 0 Å². The second kappa shape index (κ2) is 5.33. The maximum Gasteiger partial charge on any atom is 0.279 e. The molecule has 1 saturated carbocycles. The van der Waals surface area contributed by atoms with Crippen LogP contribution in [0.5, 0.6) is 5.75 Å². The number of hydrogen-bond acceptors (Lipinski definition) is 4. The van der Waals surface area contributed by atoms with Crippen molar-refractivity contribution in [2.24, 2.45) is 0 Å². The summed E-state index contributed by atoms with van der Waals surface area (Å²) >= 11 is 0. The third kappa shape index (κ3) is 2.31. The Bertz CT molecular complexity index is 1010. The molecule has 2 aromatic carbocycles. The molecule has 3 aromatic rings. The molecule has 0 aliphatic heterocycles. The third-order valence-electron chi connectivity index (χ3n) is 4.34. The topological polar surface area (TPSA) is 70.1 Å². The van der Waals surface area contributed by atoms with E-state index in [1.807, 2.05) is 6.07 Å². The summed E-state index contributed by atoms with van der Waals surface area (Å²) in [6.45, 7) is 0. The molecule has 5 nitrogen and oxygen atoms in total. The second-order valence-corrected chi connectivity index (χ2v) is 6.00. The van der Waals surface area contributed by atoms with Crippen molar-refractivity contribution in [3.63, 3.8) is 0 Å². The van der Waals surface area contributed by atoms with Crippen LogP contribution in [0, 0.1) is 5.82 Å². The van der Waals surface area contributed by atoms with Crippen molar-refractivity contribution < 1.29 is 9.13 Å². The van der Waals surface area contributed by atoms with Gasteiger partial charge >= 0.3 is 0 Å². The number of halogens is 1. The fraction of sp³-hybridized carbons (Fsp3) is 0.222. The van der Waals surface area contributed by atoms with Crippen molar-refractivity contribution in [1.29, 1.82) is 0 Å². The fourth-order valence-corrected chi connectivity index (χ4v) is 2.92. The zero-order chi connectivity index (χ0) is 16.8. The van der Waals surface area contributed by atoms with Gasteiger partial charge in [-0.1, -0.05) is 6.07 Å². The molecule has 0 amide bonds. The number of nitrogens with zero attached hydrogens (tertiary/aromatic N) is 2. The molecule has 122 valence electrons. The number of ether oxygens (including phenoxy) is 1. The van der Waals surface area contributed by atoms with Crippen LogP contribution < -0.4 is 16.1 Å². The molecule has 1 fully saturated rings. The molecule has 24 heavy (non-hydrogen) atoms. The van der Waals surface area contributed by atoms with Crippen LogP contribution in [-0.2, 0) is 0 Å². The van der Waals surface area contributed by atoms with E-state index in [0.29, 0.717) is 28.0 Å². The Morgan fingerprint density at radius 2 is 2.04 bits per heavy atom. The van der Waals surface area contributed by atoms with E-state index < -0.39 is 0 Å². The first-order valence-electron chi connectivity index (χ1n) is 7.74. The average molecular weight is 325 g/mol. The van der Waals surface area contributed by atoms with Gasteiger partial charge in [0.1, 0.15) is 17.4 Å². The minimum Gasteiger partial charge on any atom is -0.496 e. The van der Waals surface area contributed by atoms with Gasteiger partial charge in [0, 0.05) is 17.5 Å². The number of aromatic nitrogens is 2. The summed E-state index contributed by atoms with van der Waals surface area (Å²) < 4.78 is 19.8. The molecule has 4 rings (SSSR count). The Morgan fingerprint density at radius 1 is 1.25 bits per heavy atom. The van der Waals surface area contributed by atoms with Crippen molar-refractivity contribution in [3.8, 4) is 16.9 Å². The minimum absolute atomic E-state index is 0.273. The van der Waals surface area contributed by atoms with Gasteiger partial charge in [0.25, 0.3) is 5.56 Å². The molecule has 0 bridgehead atoms. The van der Waals surface area contributed by atoms with E-state index in [9.17, 15) is 9.18 Å². The van der Waals surface area contributed by atoms with Crippen molar-refractivity contribution in [3.05, 3.63) is 58.4 Å². The maximum atomic E-state index is 13.4. The summed E-state index contributed by atoms with van der Waals surface area (Å²) in [6, 6.07) is 9.67. The maximum absolute atomic E-state index is 13.4. The van der Waals surface area contributed by atoms with Crippen LogP contribution in [0.1, 0.15) is 24.6 Å². The van der Waals surface area contributed by atoms with E-state index in [-0.39, 0.29) is 17.3 Å². The normalized spacial score (nSPS) is 14.1. The van der Waals surface area contributed by atoms with Gasteiger partial charge in [0.15, 0.2) is 0 Å². The van der Waals surface area contributed by atoms with Gasteiger partial charge in [0.05, 0.1) is 18.0 Å². The molecule has 0 radical (unpaired) electrons. The number of hydrogen-bond donors (Lipinski definition) is 1. The van der Waals surface area contributed by atoms with Gasteiger partial charge < -0.3 is 10.6 Å². The number of nitrogens with two attached hydrogens (primary N) is 1. The lowest BCUT2D eigenvalue weighted by molar-refractivity contribution is 0.413. The first kappa shape index (κ1) is 14.7. The molecule has 1 heterocycles. The van der Waals surface area contributed by atoms with E-state index in [1.54, 1.807) is 18.2 Å². The van der Waals surface area contributed by atoms with Crippen LogP contribution in [-0.4, -0.2) is 16.8 Å². The number of fused-ring (bicyclic) bond motifs is 1. The average Bonchev–Trinajstić information content (AvgIpc) is 3.42. The number of nitrogen functional groups attached to an aromatic ring is 1. The molecular weight excluding hydrogens is 309 g/mol. The second-order valence-electron chi connectivity index (χ2n) is 6.00. The first-order valence-corrected chi connectivity index (χ1v) is 7.74. The lowest BCUT2D eigenvalue weighted by Crippen LogP contribution is -2.31. The summed E-state index contributed by atoms with van der Waals surface area (Å²) in [5.41, 5.74) is 1.80. The lowest BCUT2D eigenvalue weighted by Gasteiger charge is -2.11. The van der Waals surface area contributed by atoms with Gasteiger partial charge in [0.2, 0.25) is 0 Å². The predicted molar refractivity (Wildman–Crippen MR) is 90.1 cm³/mol.